The zero-order valence-corrected chi connectivity index (χ0v) is 37.1. The molecule has 0 aliphatic heterocycles. The molecule has 0 fully saturated rings. The number of hydrogen-bond acceptors (Lipinski definition) is 5. The SMILES string of the molecule is CCC/C=C\CCCCCCCC(=O)OC(CCCCCCCCCCCCCCC)CC(=O)NC(CO)C(O)CCCCCCCCCCCCCCC. The largest absolute Gasteiger partial charge is 0.462 e. The number of nitrogens with one attached hydrogen (secondary N) is 1. The van der Waals surface area contributed by atoms with E-state index in [1.54, 1.807) is 0 Å². The Bertz CT molecular complexity index is 832. The van der Waals surface area contributed by atoms with Gasteiger partial charge in [-0.15, -0.1) is 0 Å². The van der Waals surface area contributed by atoms with Gasteiger partial charge in [0.2, 0.25) is 5.91 Å². The Morgan fingerprint density at radius 2 is 0.909 bits per heavy atom. The molecule has 0 aliphatic carbocycles. The normalized spacial score (nSPS) is 13.3. The van der Waals surface area contributed by atoms with Crippen LogP contribution in [0.3, 0.4) is 0 Å². The van der Waals surface area contributed by atoms with E-state index in [0.717, 1.165) is 57.8 Å². The van der Waals surface area contributed by atoms with Crippen molar-refractivity contribution < 1.29 is 24.5 Å². The van der Waals surface area contributed by atoms with Crippen LogP contribution in [-0.4, -0.2) is 46.9 Å². The Hall–Kier alpha value is -1.40. The molecular weight excluding hydrogens is 683 g/mol. The van der Waals surface area contributed by atoms with E-state index in [9.17, 15) is 19.8 Å². The first-order chi connectivity index (χ1) is 27.0. The number of esters is 1. The molecule has 55 heavy (non-hydrogen) atoms. The van der Waals surface area contributed by atoms with Crippen molar-refractivity contribution in [2.45, 2.75) is 283 Å². The first-order valence-electron chi connectivity index (χ1n) is 24.4. The fourth-order valence-electron chi connectivity index (χ4n) is 7.61. The average Bonchev–Trinajstić information content (AvgIpc) is 3.18. The maximum absolute atomic E-state index is 13.1. The Morgan fingerprint density at radius 3 is 1.36 bits per heavy atom. The summed E-state index contributed by atoms with van der Waals surface area (Å²) in [4.78, 5) is 26.0. The van der Waals surface area contributed by atoms with Crippen LogP contribution >= 0.6 is 0 Å². The summed E-state index contributed by atoms with van der Waals surface area (Å²) in [5.41, 5.74) is 0. The number of allylic oxidation sites excluding steroid dienone is 2. The highest BCUT2D eigenvalue weighted by atomic mass is 16.5. The lowest BCUT2D eigenvalue weighted by atomic mass is 10.0. The van der Waals surface area contributed by atoms with Crippen LogP contribution in [0.5, 0.6) is 0 Å². The van der Waals surface area contributed by atoms with Gasteiger partial charge in [0.25, 0.3) is 0 Å². The van der Waals surface area contributed by atoms with Gasteiger partial charge in [-0.05, 0) is 44.9 Å². The minimum atomic E-state index is -0.781. The molecule has 6 nitrogen and oxygen atoms in total. The second-order valence-corrected chi connectivity index (χ2v) is 16.9. The van der Waals surface area contributed by atoms with Gasteiger partial charge in [-0.25, -0.2) is 0 Å². The lowest BCUT2D eigenvalue weighted by Crippen LogP contribution is -2.46. The third-order valence-electron chi connectivity index (χ3n) is 11.3. The molecule has 0 heterocycles. The fraction of sp³-hybridized carbons (Fsp3) is 0.918. The van der Waals surface area contributed by atoms with Crippen LogP contribution in [0, 0.1) is 0 Å². The van der Waals surface area contributed by atoms with Gasteiger partial charge in [0.15, 0.2) is 0 Å². The van der Waals surface area contributed by atoms with Crippen molar-refractivity contribution in [3.8, 4) is 0 Å². The van der Waals surface area contributed by atoms with Gasteiger partial charge in [-0.1, -0.05) is 219 Å². The standard InChI is InChI=1S/C49H95NO5/c1-4-7-10-13-16-19-22-24-26-28-31-34-37-40-45(55-49(54)42-39-36-33-30-21-18-15-12-9-6-3)43-48(53)50-46(44-51)47(52)41-38-35-32-29-27-25-23-20-17-14-11-8-5-2/h12,15,45-47,51-52H,4-11,13-14,16-44H2,1-3H3,(H,50,53)/b15-12-. The summed E-state index contributed by atoms with van der Waals surface area (Å²) in [5, 5.41) is 23.7. The molecule has 0 bridgehead atoms. The van der Waals surface area contributed by atoms with Crippen LogP contribution in [0.2, 0.25) is 0 Å². The van der Waals surface area contributed by atoms with Crippen molar-refractivity contribution in [2.24, 2.45) is 0 Å². The lowest BCUT2D eigenvalue weighted by molar-refractivity contribution is -0.151. The van der Waals surface area contributed by atoms with Crippen molar-refractivity contribution in [3.63, 3.8) is 0 Å². The Labute approximate surface area is 342 Å². The first kappa shape index (κ1) is 53.6. The van der Waals surface area contributed by atoms with Gasteiger partial charge in [0, 0.05) is 6.42 Å². The topological polar surface area (TPSA) is 95.9 Å². The monoisotopic (exact) mass is 778 g/mol. The molecule has 0 aromatic rings. The van der Waals surface area contributed by atoms with Crippen LogP contribution in [0.15, 0.2) is 12.2 Å². The molecule has 3 N–H and O–H groups in total. The van der Waals surface area contributed by atoms with Crippen LogP contribution in [0.25, 0.3) is 0 Å². The zero-order chi connectivity index (χ0) is 40.3. The Kier molecular flexibility index (Phi) is 42.6. The number of unbranched alkanes of at least 4 members (excludes halogenated alkanes) is 30. The quantitative estimate of drug-likeness (QED) is 0.0325. The molecule has 6 heteroatoms. The van der Waals surface area contributed by atoms with Crippen LogP contribution in [-0.2, 0) is 14.3 Å². The number of amides is 1. The lowest BCUT2D eigenvalue weighted by Gasteiger charge is -2.24. The first-order valence-corrected chi connectivity index (χ1v) is 24.4. The highest BCUT2D eigenvalue weighted by molar-refractivity contribution is 5.77. The number of carbonyl (C=O) groups is 2. The Balaban J connectivity index is 4.53. The Morgan fingerprint density at radius 1 is 0.509 bits per heavy atom. The van der Waals surface area contributed by atoms with Gasteiger partial charge in [-0.2, -0.15) is 0 Å². The van der Waals surface area contributed by atoms with Crippen molar-refractivity contribution >= 4 is 11.9 Å². The molecule has 0 aromatic carbocycles. The molecule has 3 unspecified atom stereocenters. The molecule has 326 valence electrons. The summed E-state index contributed by atoms with van der Waals surface area (Å²) >= 11 is 0. The molecule has 0 saturated carbocycles. The van der Waals surface area contributed by atoms with E-state index < -0.39 is 18.2 Å². The highest BCUT2D eigenvalue weighted by Crippen LogP contribution is 2.18. The minimum Gasteiger partial charge on any atom is -0.462 e. The second kappa shape index (κ2) is 43.7. The number of aliphatic hydroxyl groups excluding tert-OH is 2. The fourth-order valence-corrected chi connectivity index (χ4v) is 7.61. The molecule has 0 aliphatic rings. The van der Waals surface area contributed by atoms with E-state index in [-0.39, 0.29) is 24.9 Å². The summed E-state index contributed by atoms with van der Waals surface area (Å²) in [6.45, 7) is 6.43. The summed E-state index contributed by atoms with van der Waals surface area (Å²) in [6.07, 6.45) is 47.0. The number of aliphatic hydroxyl groups is 2. The van der Waals surface area contributed by atoms with E-state index >= 15 is 0 Å². The van der Waals surface area contributed by atoms with E-state index in [1.807, 2.05) is 0 Å². The van der Waals surface area contributed by atoms with E-state index in [1.165, 1.54) is 161 Å². The van der Waals surface area contributed by atoms with Crippen molar-refractivity contribution in [1.82, 2.24) is 5.32 Å². The summed E-state index contributed by atoms with van der Waals surface area (Å²) in [5.74, 6) is -0.472. The van der Waals surface area contributed by atoms with Gasteiger partial charge in [0.1, 0.15) is 6.10 Å². The average molecular weight is 778 g/mol. The van der Waals surface area contributed by atoms with Gasteiger partial charge < -0.3 is 20.3 Å². The number of ether oxygens (including phenoxy) is 1. The van der Waals surface area contributed by atoms with Gasteiger partial charge in [0.05, 0.1) is 25.2 Å². The molecule has 1 amide bonds. The number of carbonyl (C=O) groups excluding carboxylic acids is 2. The number of rotatable bonds is 44. The van der Waals surface area contributed by atoms with Crippen molar-refractivity contribution in [1.29, 1.82) is 0 Å². The number of hydrogen-bond donors (Lipinski definition) is 3. The summed E-state index contributed by atoms with van der Waals surface area (Å²) in [7, 11) is 0. The van der Waals surface area contributed by atoms with Crippen LogP contribution < -0.4 is 5.32 Å². The minimum absolute atomic E-state index is 0.0809. The molecular formula is C49H95NO5. The maximum atomic E-state index is 13.1. The van der Waals surface area contributed by atoms with Crippen LogP contribution in [0.1, 0.15) is 265 Å². The zero-order valence-electron chi connectivity index (χ0n) is 37.1. The van der Waals surface area contributed by atoms with Crippen molar-refractivity contribution in [2.75, 3.05) is 6.61 Å². The maximum Gasteiger partial charge on any atom is 0.306 e. The predicted octanol–water partition coefficient (Wildman–Crippen LogP) is 14.2. The molecule has 0 aromatic heterocycles. The van der Waals surface area contributed by atoms with E-state index in [2.05, 4.69) is 38.2 Å². The van der Waals surface area contributed by atoms with Gasteiger partial charge in [-0.3, -0.25) is 9.59 Å². The molecule has 0 radical (unpaired) electrons. The molecule has 0 rings (SSSR count). The van der Waals surface area contributed by atoms with Crippen molar-refractivity contribution in [3.05, 3.63) is 12.2 Å². The smallest absolute Gasteiger partial charge is 0.306 e. The molecule has 0 saturated heterocycles. The summed E-state index contributed by atoms with van der Waals surface area (Å²) < 4.78 is 5.91. The van der Waals surface area contributed by atoms with E-state index in [4.69, 9.17) is 4.74 Å². The third-order valence-corrected chi connectivity index (χ3v) is 11.3. The summed E-state index contributed by atoms with van der Waals surface area (Å²) in [6, 6.07) is -0.695. The predicted molar refractivity (Wildman–Crippen MR) is 237 cm³/mol. The van der Waals surface area contributed by atoms with Gasteiger partial charge >= 0.3 is 5.97 Å². The van der Waals surface area contributed by atoms with E-state index in [0.29, 0.717) is 19.3 Å². The van der Waals surface area contributed by atoms with Crippen LogP contribution in [0.4, 0.5) is 0 Å². The highest BCUT2D eigenvalue weighted by Gasteiger charge is 2.24. The second-order valence-electron chi connectivity index (χ2n) is 16.9. The molecule has 3 atom stereocenters. The third kappa shape index (κ3) is 39.2. The molecule has 0 spiro atoms.